The van der Waals surface area contributed by atoms with Crippen molar-refractivity contribution in [2.24, 2.45) is 7.05 Å². The van der Waals surface area contributed by atoms with Gasteiger partial charge in [0.05, 0.1) is 29.1 Å². The van der Waals surface area contributed by atoms with Crippen LogP contribution in [0.3, 0.4) is 0 Å². The Labute approximate surface area is 206 Å². The number of fused-ring (bicyclic) bond motifs is 1. The highest BCUT2D eigenvalue weighted by Crippen LogP contribution is 2.39. The van der Waals surface area contributed by atoms with E-state index in [1.54, 1.807) is 24.9 Å². The summed E-state index contributed by atoms with van der Waals surface area (Å²) in [5.41, 5.74) is -1.31. The second kappa shape index (κ2) is 9.53. The predicted octanol–water partition coefficient (Wildman–Crippen LogP) is 4.06. The summed E-state index contributed by atoms with van der Waals surface area (Å²) in [5.74, 6) is -0.805. The first kappa shape index (κ1) is 25.6. The number of benzene rings is 1. The van der Waals surface area contributed by atoms with Gasteiger partial charge in [-0.1, -0.05) is 18.2 Å². The van der Waals surface area contributed by atoms with E-state index in [1.165, 1.54) is 37.1 Å². The number of carbonyl (C=O) groups is 1. The number of ether oxygens (including phenoxy) is 1. The zero-order valence-corrected chi connectivity index (χ0v) is 20.7. The van der Waals surface area contributed by atoms with E-state index < -0.39 is 29.4 Å². The number of amides is 1. The topological polar surface area (TPSA) is 89.3 Å². The van der Waals surface area contributed by atoms with Crippen LogP contribution in [0.5, 0.6) is 0 Å². The van der Waals surface area contributed by atoms with Gasteiger partial charge in [0, 0.05) is 39.1 Å². The van der Waals surface area contributed by atoms with Gasteiger partial charge in [0.25, 0.3) is 12.0 Å². The van der Waals surface area contributed by atoms with Crippen LogP contribution in [0.2, 0.25) is 0 Å². The Morgan fingerprint density at radius 2 is 1.97 bits per heavy atom. The minimum atomic E-state index is -2.94. The predicted molar refractivity (Wildman–Crippen MR) is 128 cm³/mol. The number of rotatable bonds is 6. The van der Waals surface area contributed by atoms with Crippen molar-refractivity contribution in [3.63, 3.8) is 0 Å². The molecular weight excluding hydrogens is 475 g/mol. The van der Waals surface area contributed by atoms with Gasteiger partial charge in [-0.2, -0.15) is 0 Å². The third kappa shape index (κ3) is 4.21. The van der Waals surface area contributed by atoms with E-state index in [-0.39, 0.29) is 29.6 Å². The quantitative estimate of drug-likeness (QED) is 0.546. The highest BCUT2D eigenvalue weighted by molar-refractivity contribution is 5.87. The van der Waals surface area contributed by atoms with E-state index >= 15 is 0 Å². The van der Waals surface area contributed by atoms with Gasteiger partial charge in [-0.3, -0.25) is 14.2 Å². The van der Waals surface area contributed by atoms with Crippen LogP contribution in [0.15, 0.2) is 35.4 Å². The number of pyridine rings is 1. The molecule has 36 heavy (non-hydrogen) atoms. The number of halogens is 3. The van der Waals surface area contributed by atoms with Crippen molar-refractivity contribution in [2.75, 3.05) is 19.0 Å². The molecule has 0 bridgehead atoms. The molecule has 1 N–H and O–H groups in total. The Hall–Kier alpha value is -3.47. The average Bonchev–Trinajstić information content (AvgIpc) is 3.19. The Morgan fingerprint density at radius 3 is 2.58 bits per heavy atom. The van der Waals surface area contributed by atoms with Crippen LogP contribution >= 0.6 is 0 Å². The van der Waals surface area contributed by atoms with E-state index in [0.29, 0.717) is 28.8 Å². The van der Waals surface area contributed by atoms with E-state index in [9.17, 15) is 22.8 Å². The summed E-state index contributed by atoms with van der Waals surface area (Å²) in [6.45, 7) is 5.21. The standard InChI is InChI=1S/C25H28F3N5O3/c1-13-10-25(36-5,11-33(13)15(3)34)19-9-18-22(29-12-30-23(18)32(4)24(19)35)31-14(2)16-7-6-8-17(20(16)26)21(27)28/h6-9,12-14,21H,10-11H2,1-5H3,(H,29,30,31)/t13-,14+,25+/m0/s1. The van der Waals surface area contributed by atoms with Gasteiger partial charge in [0.1, 0.15) is 29.2 Å². The Morgan fingerprint density at radius 1 is 1.28 bits per heavy atom. The lowest BCUT2D eigenvalue weighted by molar-refractivity contribution is -0.130. The van der Waals surface area contributed by atoms with E-state index in [0.717, 1.165) is 6.07 Å². The number of aromatic nitrogens is 3. The van der Waals surface area contributed by atoms with Crippen molar-refractivity contribution in [3.05, 3.63) is 63.5 Å². The molecule has 1 aliphatic heterocycles. The van der Waals surface area contributed by atoms with Gasteiger partial charge >= 0.3 is 0 Å². The van der Waals surface area contributed by atoms with E-state index in [1.807, 2.05) is 6.92 Å². The van der Waals surface area contributed by atoms with E-state index in [2.05, 4.69) is 15.3 Å². The molecule has 2 aromatic heterocycles. The molecule has 1 amide bonds. The zero-order chi connectivity index (χ0) is 26.4. The molecule has 11 heteroatoms. The van der Waals surface area contributed by atoms with Crippen molar-refractivity contribution in [2.45, 2.75) is 51.3 Å². The fourth-order valence-electron chi connectivity index (χ4n) is 5.02. The number of nitrogens with zero attached hydrogens (tertiary/aromatic N) is 4. The first-order valence-corrected chi connectivity index (χ1v) is 11.5. The molecule has 1 saturated heterocycles. The van der Waals surface area contributed by atoms with Gasteiger partial charge in [-0.05, 0) is 19.9 Å². The third-order valence-corrected chi connectivity index (χ3v) is 6.99. The Bertz CT molecular complexity index is 1380. The molecule has 1 aliphatic rings. The number of methoxy groups -OCH3 is 1. The largest absolute Gasteiger partial charge is 0.371 e. The molecule has 192 valence electrons. The summed E-state index contributed by atoms with van der Waals surface area (Å²) in [5, 5.41) is 3.55. The molecule has 3 aromatic rings. The summed E-state index contributed by atoms with van der Waals surface area (Å²) in [4.78, 5) is 35.7. The van der Waals surface area contributed by atoms with Crippen molar-refractivity contribution < 1.29 is 22.7 Å². The number of aryl methyl sites for hydroxylation is 1. The molecule has 0 aliphatic carbocycles. The maximum Gasteiger partial charge on any atom is 0.266 e. The molecule has 1 fully saturated rings. The monoisotopic (exact) mass is 503 g/mol. The first-order chi connectivity index (χ1) is 17.0. The number of hydrogen-bond acceptors (Lipinski definition) is 6. The number of hydrogen-bond donors (Lipinski definition) is 1. The second-order valence-corrected chi connectivity index (χ2v) is 9.20. The van der Waals surface area contributed by atoms with Crippen molar-refractivity contribution >= 4 is 22.8 Å². The number of anilines is 1. The van der Waals surface area contributed by atoms with E-state index in [4.69, 9.17) is 4.74 Å². The number of carbonyl (C=O) groups excluding carboxylic acids is 1. The van der Waals surface area contributed by atoms with Crippen LogP contribution in [0.1, 0.15) is 56.3 Å². The van der Waals surface area contributed by atoms with Gasteiger partial charge in [0.2, 0.25) is 5.91 Å². The van der Waals surface area contributed by atoms with Gasteiger partial charge in [-0.15, -0.1) is 0 Å². The van der Waals surface area contributed by atoms with Crippen LogP contribution in [-0.4, -0.2) is 45.0 Å². The van der Waals surface area contributed by atoms with Crippen molar-refractivity contribution in [1.29, 1.82) is 0 Å². The van der Waals surface area contributed by atoms with Crippen molar-refractivity contribution in [3.8, 4) is 0 Å². The molecule has 8 nitrogen and oxygen atoms in total. The summed E-state index contributed by atoms with van der Waals surface area (Å²) in [6.07, 6.45) is -1.26. The third-order valence-electron chi connectivity index (χ3n) is 6.99. The number of alkyl halides is 2. The SMILES string of the molecule is CO[C@]1(c2cc3c(N[C@H](C)c4cccc(C(F)F)c4F)ncnc3n(C)c2=O)C[C@H](C)N(C(C)=O)C1. The molecule has 4 rings (SSSR count). The summed E-state index contributed by atoms with van der Waals surface area (Å²) < 4.78 is 48.4. The summed E-state index contributed by atoms with van der Waals surface area (Å²) in [7, 11) is 3.08. The minimum absolute atomic E-state index is 0.0553. The minimum Gasteiger partial charge on any atom is -0.371 e. The van der Waals surface area contributed by atoms with Crippen LogP contribution in [0, 0.1) is 5.82 Å². The van der Waals surface area contributed by atoms with Crippen LogP contribution in [0.25, 0.3) is 11.0 Å². The van der Waals surface area contributed by atoms with Crippen LogP contribution < -0.4 is 10.9 Å². The molecule has 0 saturated carbocycles. The first-order valence-electron chi connectivity index (χ1n) is 11.5. The summed E-state index contributed by atoms with van der Waals surface area (Å²) >= 11 is 0. The maximum atomic E-state index is 14.8. The molecule has 0 unspecified atom stereocenters. The number of likely N-dealkylation sites (tertiary alicyclic amines) is 1. The highest BCUT2D eigenvalue weighted by atomic mass is 19.3. The Kier molecular flexibility index (Phi) is 6.78. The normalized spacial score (nSPS) is 20.8. The smallest absolute Gasteiger partial charge is 0.266 e. The highest BCUT2D eigenvalue weighted by Gasteiger charge is 2.47. The fourth-order valence-corrected chi connectivity index (χ4v) is 5.02. The lowest BCUT2D eigenvalue weighted by Gasteiger charge is -2.28. The van der Waals surface area contributed by atoms with Crippen LogP contribution in [-0.2, 0) is 22.2 Å². The maximum absolute atomic E-state index is 14.8. The molecule has 3 heterocycles. The average molecular weight is 504 g/mol. The fraction of sp³-hybridized carbons (Fsp3) is 0.440. The molecule has 0 spiro atoms. The molecule has 0 radical (unpaired) electrons. The van der Waals surface area contributed by atoms with Crippen molar-refractivity contribution in [1.82, 2.24) is 19.4 Å². The zero-order valence-electron chi connectivity index (χ0n) is 20.7. The number of nitrogens with one attached hydrogen (secondary N) is 1. The molecular formula is C25H28F3N5O3. The Balaban J connectivity index is 1.82. The lowest BCUT2D eigenvalue weighted by Crippen LogP contribution is -2.40. The molecule has 3 atom stereocenters. The van der Waals surface area contributed by atoms with Gasteiger partial charge < -0.3 is 15.0 Å². The van der Waals surface area contributed by atoms with Crippen LogP contribution in [0.4, 0.5) is 19.0 Å². The summed E-state index contributed by atoms with van der Waals surface area (Å²) in [6, 6.07) is 4.63. The second-order valence-electron chi connectivity index (χ2n) is 9.20. The lowest BCUT2D eigenvalue weighted by atomic mass is 9.91. The van der Waals surface area contributed by atoms with Gasteiger partial charge in [-0.25, -0.2) is 23.1 Å². The molecule has 1 aromatic carbocycles. The van der Waals surface area contributed by atoms with Gasteiger partial charge in [0.15, 0.2) is 0 Å².